The summed E-state index contributed by atoms with van der Waals surface area (Å²) in [6.07, 6.45) is -2.56. The average Bonchev–Trinajstić information content (AvgIpc) is 3.73. The number of carbonyl (C=O) groups excluding carboxylic acids is 1. The normalized spacial score (nSPS) is 14.2. The third-order valence-corrected chi connectivity index (χ3v) is 8.58. The highest BCUT2D eigenvalue weighted by atomic mass is 32.2. The lowest BCUT2D eigenvalue weighted by Gasteiger charge is -2.14. The van der Waals surface area contributed by atoms with Crippen LogP contribution >= 0.6 is 0 Å². The standard InChI is InChI=1S/C32H24F5N3O8S/c1-15-38-28(17-6-8-24-25(11-17)48-32(36,37)47-24)29(46-15)20-9-16(18-10-22(33)21(14-45-42)26(12-18)49(4)43)5-7-19(20)23-13-27(39-40(23)2)31(34,35)30(41)44-3/h5-13,42H,14H2,1-4H3. The predicted octanol–water partition coefficient (Wildman–Crippen LogP) is 6.84. The van der Waals surface area contributed by atoms with Gasteiger partial charge in [0.1, 0.15) is 23.8 Å². The van der Waals surface area contributed by atoms with E-state index in [1.54, 1.807) is 0 Å². The number of esters is 1. The molecule has 11 nitrogen and oxygen atoms in total. The molecular weight excluding hydrogens is 681 g/mol. The molecule has 5 aromatic rings. The van der Waals surface area contributed by atoms with Crippen molar-refractivity contribution in [3.63, 3.8) is 0 Å². The summed E-state index contributed by atoms with van der Waals surface area (Å²) in [5.74, 6) is -7.05. The molecule has 17 heteroatoms. The molecule has 0 amide bonds. The number of nitrogens with zero attached hydrogens (tertiary/aromatic N) is 3. The molecule has 0 bridgehead atoms. The molecule has 0 spiro atoms. The van der Waals surface area contributed by atoms with Crippen molar-refractivity contribution >= 4 is 16.8 Å². The molecule has 0 saturated heterocycles. The van der Waals surface area contributed by atoms with E-state index in [0.717, 1.165) is 23.9 Å². The van der Waals surface area contributed by atoms with E-state index < -0.39 is 47.1 Å². The summed E-state index contributed by atoms with van der Waals surface area (Å²) in [5.41, 5.74) is 0.468. The zero-order valence-electron chi connectivity index (χ0n) is 25.8. The Bertz CT molecular complexity index is 2150. The van der Waals surface area contributed by atoms with Crippen molar-refractivity contribution in [1.82, 2.24) is 14.8 Å². The van der Waals surface area contributed by atoms with E-state index in [0.29, 0.717) is 5.56 Å². The molecular formula is C32H24F5N3O8S. The van der Waals surface area contributed by atoms with E-state index in [2.05, 4.69) is 29.2 Å². The molecule has 256 valence electrons. The summed E-state index contributed by atoms with van der Waals surface area (Å²) < 4.78 is 106. The third-order valence-electron chi connectivity index (χ3n) is 7.60. The quantitative estimate of drug-likeness (QED) is 0.0752. The Hall–Kier alpha value is -5.13. The minimum absolute atomic E-state index is 0.0457. The monoisotopic (exact) mass is 705 g/mol. The Balaban J connectivity index is 1.58. The van der Waals surface area contributed by atoms with Crippen molar-refractivity contribution < 1.29 is 59.7 Å². The number of hydrogen-bond acceptors (Lipinski definition) is 10. The third kappa shape index (κ3) is 6.15. The second-order valence-electron chi connectivity index (χ2n) is 10.8. The van der Waals surface area contributed by atoms with Crippen molar-refractivity contribution in [2.75, 3.05) is 13.4 Å². The summed E-state index contributed by atoms with van der Waals surface area (Å²) in [5, 5.41) is 12.8. The molecule has 49 heavy (non-hydrogen) atoms. The molecule has 1 aliphatic heterocycles. The van der Waals surface area contributed by atoms with Gasteiger partial charge in [-0.2, -0.15) is 13.9 Å². The number of ether oxygens (including phenoxy) is 3. The lowest BCUT2D eigenvalue weighted by atomic mass is 9.93. The number of aryl methyl sites for hydroxylation is 2. The maximum absolute atomic E-state index is 15.3. The van der Waals surface area contributed by atoms with Crippen molar-refractivity contribution in [2.45, 2.75) is 30.6 Å². The number of benzene rings is 3. The Morgan fingerprint density at radius 1 is 1.02 bits per heavy atom. The Morgan fingerprint density at radius 3 is 2.43 bits per heavy atom. The van der Waals surface area contributed by atoms with E-state index >= 15 is 4.39 Å². The predicted molar refractivity (Wildman–Crippen MR) is 162 cm³/mol. The van der Waals surface area contributed by atoms with Crippen molar-refractivity contribution in [2.24, 2.45) is 7.05 Å². The zero-order chi connectivity index (χ0) is 35.4. The molecule has 1 atom stereocenters. The summed E-state index contributed by atoms with van der Waals surface area (Å²) in [7, 11) is 0.471. The Morgan fingerprint density at radius 2 is 1.73 bits per heavy atom. The average molecular weight is 706 g/mol. The summed E-state index contributed by atoms with van der Waals surface area (Å²) in [4.78, 5) is 20.5. The SMILES string of the molecule is COC(=O)C(F)(F)c1cc(-c2ccc(-c3cc(F)c(COO)c(S(C)=O)c3)cc2-c2oc(C)nc2-c2ccc3c(c2)OC(F)(F)O3)n(C)n1. The Labute approximate surface area is 276 Å². The molecule has 6 rings (SSSR count). The molecule has 0 radical (unpaired) electrons. The number of alkyl halides is 4. The van der Waals surface area contributed by atoms with Crippen LogP contribution < -0.4 is 9.47 Å². The molecule has 1 aliphatic rings. The molecule has 1 unspecified atom stereocenters. The van der Waals surface area contributed by atoms with Gasteiger partial charge in [0, 0.05) is 47.4 Å². The van der Waals surface area contributed by atoms with Crippen LogP contribution in [-0.2, 0) is 44.8 Å². The second-order valence-corrected chi connectivity index (χ2v) is 12.1. The first-order valence-electron chi connectivity index (χ1n) is 14.1. The van der Waals surface area contributed by atoms with Gasteiger partial charge in [-0.1, -0.05) is 12.1 Å². The van der Waals surface area contributed by atoms with E-state index in [9.17, 15) is 26.6 Å². The lowest BCUT2D eigenvalue weighted by Crippen LogP contribution is -2.27. The van der Waals surface area contributed by atoms with Crippen molar-refractivity contribution in [1.29, 1.82) is 0 Å². The van der Waals surface area contributed by atoms with Crippen molar-refractivity contribution in [3.05, 3.63) is 77.6 Å². The first-order valence-corrected chi connectivity index (χ1v) is 15.6. The smallest absolute Gasteiger partial charge is 0.464 e. The van der Waals surface area contributed by atoms with Gasteiger partial charge in [-0.25, -0.2) is 19.1 Å². The van der Waals surface area contributed by atoms with Crippen LogP contribution in [-0.4, -0.2) is 49.9 Å². The number of methoxy groups -OCH3 is 1. The van der Waals surface area contributed by atoms with Gasteiger partial charge in [0.25, 0.3) is 0 Å². The van der Waals surface area contributed by atoms with Crippen LogP contribution in [0.3, 0.4) is 0 Å². The van der Waals surface area contributed by atoms with Crippen molar-refractivity contribution in [3.8, 4) is 56.5 Å². The number of aromatic nitrogens is 3. The number of oxazole rings is 1. The number of carbonyl (C=O) groups is 1. The molecule has 0 aliphatic carbocycles. The van der Waals surface area contributed by atoms with E-state index in [-0.39, 0.29) is 67.3 Å². The van der Waals surface area contributed by atoms with E-state index in [1.165, 1.54) is 62.7 Å². The van der Waals surface area contributed by atoms with Crippen LogP contribution in [0.4, 0.5) is 22.0 Å². The fraction of sp³-hybridized carbons (Fsp3) is 0.219. The number of hydrogen-bond donors (Lipinski definition) is 1. The maximum Gasteiger partial charge on any atom is 0.586 e. The van der Waals surface area contributed by atoms with Gasteiger partial charge >= 0.3 is 18.2 Å². The number of rotatable bonds is 9. The highest BCUT2D eigenvalue weighted by Crippen LogP contribution is 2.46. The molecule has 3 heterocycles. The summed E-state index contributed by atoms with van der Waals surface area (Å²) in [6.45, 7) is 0.962. The van der Waals surface area contributed by atoms with Crippen LogP contribution in [0.2, 0.25) is 0 Å². The molecule has 0 fully saturated rings. The first kappa shape index (κ1) is 33.8. The second kappa shape index (κ2) is 12.4. The van der Waals surface area contributed by atoms with E-state index in [1.807, 2.05) is 0 Å². The number of halogens is 5. The minimum Gasteiger partial charge on any atom is -0.464 e. The largest absolute Gasteiger partial charge is 0.586 e. The van der Waals surface area contributed by atoms with Gasteiger partial charge < -0.3 is 18.6 Å². The molecule has 3 aromatic carbocycles. The van der Waals surface area contributed by atoms with E-state index in [4.69, 9.17) is 9.67 Å². The molecule has 0 saturated carbocycles. The molecule has 1 N–H and O–H groups in total. The van der Waals surface area contributed by atoms with Crippen LogP contribution in [0.15, 0.2) is 63.9 Å². The Kier molecular flexibility index (Phi) is 8.54. The maximum atomic E-state index is 15.3. The van der Waals surface area contributed by atoms with Crippen LogP contribution in [0.1, 0.15) is 17.1 Å². The highest BCUT2D eigenvalue weighted by molar-refractivity contribution is 7.84. The molecule has 2 aromatic heterocycles. The fourth-order valence-electron chi connectivity index (χ4n) is 5.38. The van der Waals surface area contributed by atoms with Gasteiger partial charge in [-0.15, -0.1) is 8.78 Å². The van der Waals surface area contributed by atoms with Crippen LogP contribution in [0.5, 0.6) is 11.5 Å². The van der Waals surface area contributed by atoms with Gasteiger partial charge in [-0.05, 0) is 53.6 Å². The van der Waals surface area contributed by atoms with Gasteiger partial charge in [-0.3, -0.25) is 14.1 Å². The van der Waals surface area contributed by atoms with Gasteiger partial charge in [0.2, 0.25) is 0 Å². The van der Waals surface area contributed by atoms with Gasteiger partial charge in [0.15, 0.2) is 23.1 Å². The lowest BCUT2D eigenvalue weighted by molar-refractivity contribution is -0.286. The van der Waals surface area contributed by atoms with Crippen LogP contribution in [0, 0.1) is 12.7 Å². The fourth-order valence-corrected chi connectivity index (χ4v) is 6.18. The number of fused-ring (bicyclic) bond motifs is 1. The summed E-state index contributed by atoms with van der Waals surface area (Å²) in [6, 6.07) is 12.1. The summed E-state index contributed by atoms with van der Waals surface area (Å²) >= 11 is 0. The van der Waals surface area contributed by atoms with Gasteiger partial charge in [0.05, 0.1) is 23.6 Å². The minimum atomic E-state index is -4.10. The van der Waals surface area contributed by atoms with Crippen LogP contribution in [0.25, 0.3) is 45.0 Å². The first-order chi connectivity index (χ1) is 23.1. The zero-order valence-corrected chi connectivity index (χ0v) is 26.7. The highest BCUT2D eigenvalue weighted by Gasteiger charge is 2.46. The topological polar surface area (TPSA) is 135 Å².